The summed E-state index contributed by atoms with van der Waals surface area (Å²) in [7, 11) is 0. The van der Waals surface area contributed by atoms with Gasteiger partial charge < -0.3 is 5.32 Å². The van der Waals surface area contributed by atoms with Crippen LogP contribution >= 0.6 is 0 Å². The van der Waals surface area contributed by atoms with Crippen LogP contribution in [0.4, 0.5) is 23.5 Å². The molecule has 1 fully saturated rings. The summed E-state index contributed by atoms with van der Waals surface area (Å²) in [5, 5.41) is 6.89. The van der Waals surface area contributed by atoms with Crippen molar-refractivity contribution in [1.82, 2.24) is 19.7 Å². The number of alkyl halides is 3. The van der Waals surface area contributed by atoms with E-state index in [2.05, 4.69) is 20.3 Å². The zero-order valence-corrected chi connectivity index (χ0v) is 14.7. The number of fused-ring (bicyclic) bond motifs is 1. The summed E-state index contributed by atoms with van der Waals surface area (Å²) in [6.45, 7) is 2.13. The molecule has 1 aromatic carbocycles. The Kier molecular flexibility index (Phi) is 4.79. The van der Waals surface area contributed by atoms with Crippen LogP contribution in [0.5, 0.6) is 0 Å². The van der Waals surface area contributed by atoms with Crippen molar-refractivity contribution < 1.29 is 17.6 Å². The van der Waals surface area contributed by atoms with Gasteiger partial charge in [-0.25, -0.2) is 9.07 Å². The molecule has 1 unspecified atom stereocenters. The number of benzene rings is 1. The van der Waals surface area contributed by atoms with Crippen molar-refractivity contribution in [1.29, 1.82) is 0 Å². The van der Waals surface area contributed by atoms with Gasteiger partial charge in [0, 0.05) is 19.1 Å². The number of piperidine rings is 1. The molecular formula is C18H21F4N5. The Morgan fingerprint density at radius 3 is 2.89 bits per heavy atom. The molecule has 0 aliphatic carbocycles. The number of anilines is 1. The maximum atomic E-state index is 13.5. The highest BCUT2D eigenvalue weighted by atomic mass is 19.4. The molecule has 2 aromatic rings. The van der Waals surface area contributed by atoms with Gasteiger partial charge in [-0.1, -0.05) is 12.1 Å². The second kappa shape index (κ2) is 7.10. The third-order valence-electron chi connectivity index (χ3n) is 5.44. The van der Waals surface area contributed by atoms with E-state index in [1.54, 1.807) is 6.07 Å². The smallest absolute Gasteiger partial charge is 0.351 e. The lowest BCUT2D eigenvalue weighted by atomic mass is 9.86. The van der Waals surface area contributed by atoms with Gasteiger partial charge in [0.2, 0.25) is 5.95 Å². The number of hydrogen-bond donors (Lipinski definition) is 1. The van der Waals surface area contributed by atoms with Crippen molar-refractivity contribution in [2.75, 3.05) is 18.4 Å². The molecule has 0 amide bonds. The molecule has 0 radical (unpaired) electrons. The summed E-state index contributed by atoms with van der Waals surface area (Å²) >= 11 is 0. The molecule has 1 N–H and O–H groups in total. The lowest BCUT2D eigenvalue weighted by molar-refractivity contribution is -0.174. The Balaban J connectivity index is 1.47. The van der Waals surface area contributed by atoms with Crippen LogP contribution in [0.1, 0.15) is 30.9 Å². The minimum atomic E-state index is -4.36. The molecule has 4 rings (SSSR count). The van der Waals surface area contributed by atoms with Gasteiger partial charge in [-0.2, -0.15) is 23.3 Å². The molecule has 1 aromatic heterocycles. The van der Waals surface area contributed by atoms with E-state index in [0.29, 0.717) is 13.1 Å². The predicted molar refractivity (Wildman–Crippen MR) is 91.5 cm³/mol. The molecule has 2 aliphatic rings. The van der Waals surface area contributed by atoms with Crippen LogP contribution in [-0.2, 0) is 6.54 Å². The maximum Gasteiger partial charge on any atom is 0.411 e. The first-order valence-electron chi connectivity index (χ1n) is 9.10. The van der Waals surface area contributed by atoms with Gasteiger partial charge in [-0.3, -0.25) is 4.90 Å². The van der Waals surface area contributed by atoms with Gasteiger partial charge in [0.15, 0.2) is 6.04 Å². The summed E-state index contributed by atoms with van der Waals surface area (Å²) in [6.07, 6.45) is -1.50. The topological polar surface area (TPSA) is 46.0 Å². The number of nitrogens with zero attached hydrogens (tertiary/aromatic N) is 4. The highest BCUT2D eigenvalue weighted by molar-refractivity contribution is 5.30. The van der Waals surface area contributed by atoms with Crippen LogP contribution in [0.25, 0.3) is 0 Å². The summed E-state index contributed by atoms with van der Waals surface area (Å²) < 4.78 is 54.8. The molecule has 0 bridgehead atoms. The third kappa shape index (κ3) is 3.92. The zero-order chi connectivity index (χ0) is 19.0. The Bertz CT molecular complexity index is 790. The first-order valence-corrected chi connectivity index (χ1v) is 9.10. The van der Waals surface area contributed by atoms with Crippen molar-refractivity contribution in [2.45, 2.75) is 44.1 Å². The van der Waals surface area contributed by atoms with Crippen molar-refractivity contribution in [3.05, 3.63) is 42.0 Å². The largest absolute Gasteiger partial charge is 0.411 e. The van der Waals surface area contributed by atoms with E-state index < -0.39 is 12.2 Å². The lowest BCUT2D eigenvalue weighted by Gasteiger charge is -2.41. The molecule has 0 saturated carbocycles. The normalized spacial score (nSPS) is 26.4. The second-order valence-corrected chi connectivity index (χ2v) is 7.34. The first kappa shape index (κ1) is 18.2. The molecule has 1 saturated heterocycles. The van der Waals surface area contributed by atoms with E-state index >= 15 is 0 Å². The van der Waals surface area contributed by atoms with Gasteiger partial charge in [-0.15, -0.1) is 0 Å². The second-order valence-electron chi connectivity index (χ2n) is 7.34. The number of hydrogen-bond acceptors (Lipinski definition) is 4. The quantitative estimate of drug-likeness (QED) is 0.823. The zero-order valence-electron chi connectivity index (χ0n) is 14.7. The maximum absolute atomic E-state index is 13.5. The fraction of sp³-hybridized carbons (Fsp3) is 0.556. The fourth-order valence-corrected chi connectivity index (χ4v) is 4.19. The SMILES string of the molecule is Fc1cccc(CN2CCCC([C@@H]3C[C@H](C(F)(F)F)n4ncnc4N3)C2)c1. The van der Waals surface area contributed by atoms with Gasteiger partial charge in [-0.05, 0) is 49.4 Å². The molecule has 0 spiro atoms. The highest BCUT2D eigenvalue weighted by Crippen LogP contribution is 2.40. The predicted octanol–water partition coefficient (Wildman–Crippen LogP) is 3.62. The van der Waals surface area contributed by atoms with Gasteiger partial charge in [0.25, 0.3) is 0 Å². The van der Waals surface area contributed by atoms with E-state index in [9.17, 15) is 17.6 Å². The van der Waals surface area contributed by atoms with E-state index in [0.717, 1.165) is 36.0 Å². The monoisotopic (exact) mass is 383 g/mol. The average Bonchev–Trinajstić information content (AvgIpc) is 3.08. The standard InChI is InChI=1S/C18H21F4N5/c19-14-5-1-3-12(7-14)9-26-6-2-4-13(10-26)15-8-16(18(20,21)22)27-17(25-15)23-11-24-27/h1,3,5,7,11,13,15-16H,2,4,6,8-10H2,(H,23,24,25)/t13?,15-,16+/m0/s1. The molecule has 3 atom stereocenters. The average molecular weight is 383 g/mol. The molecule has 5 nitrogen and oxygen atoms in total. The van der Waals surface area contributed by atoms with Crippen LogP contribution in [-0.4, -0.2) is 45.0 Å². The van der Waals surface area contributed by atoms with Gasteiger partial charge in [0.05, 0.1) is 0 Å². The number of aromatic nitrogens is 3. The molecular weight excluding hydrogens is 362 g/mol. The summed E-state index contributed by atoms with van der Waals surface area (Å²) in [4.78, 5) is 6.13. The van der Waals surface area contributed by atoms with Crippen LogP contribution in [0, 0.1) is 11.7 Å². The van der Waals surface area contributed by atoms with Crippen LogP contribution in [0.2, 0.25) is 0 Å². The van der Waals surface area contributed by atoms with Crippen LogP contribution in [0.15, 0.2) is 30.6 Å². The van der Waals surface area contributed by atoms with E-state index in [1.807, 2.05) is 6.07 Å². The third-order valence-corrected chi connectivity index (χ3v) is 5.44. The Labute approximate surface area is 154 Å². The van der Waals surface area contributed by atoms with E-state index in [4.69, 9.17) is 0 Å². The summed E-state index contributed by atoms with van der Waals surface area (Å²) in [6, 6.07) is 4.49. The summed E-state index contributed by atoms with van der Waals surface area (Å²) in [5.74, 6) is -0.0270. The Morgan fingerprint density at radius 1 is 1.26 bits per heavy atom. The Morgan fingerprint density at radius 2 is 2.11 bits per heavy atom. The molecule has 3 heterocycles. The van der Waals surface area contributed by atoms with E-state index in [-0.39, 0.29) is 30.1 Å². The Hall–Kier alpha value is -2.16. The lowest BCUT2D eigenvalue weighted by Crippen LogP contribution is -2.47. The number of halogens is 4. The summed E-state index contributed by atoms with van der Waals surface area (Å²) in [5.41, 5.74) is 0.875. The minimum Gasteiger partial charge on any atom is -0.351 e. The molecule has 146 valence electrons. The first-order chi connectivity index (χ1) is 12.9. The number of nitrogens with one attached hydrogen (secondary N) is 1. The van der Waals surface area contributed by atoms with E-state index in [1.165, 1.54) is 12.1 Å². The van der Waals surface area contributed by atoms with Gasteiger partial charge in [0.1, 0.15) is 12.1 Å². The van der Waals surface area contributed by atoms with Crippen LogP contribution in [0.3, 0.4) is 0 Å². The highest BCUT2D eigenvalue weighted by Gasteiger charge is 2.48. The van der Waals surface area contributed by atoms with Crippen molar-refractivity contribution in [3.8, 4) is 0 Å². The van der Waals surface area contributed by atoms with Gasteiger partial charge >= 0.3 is 6.18 Å². The van der Waals surface area contributed by atoms with Crippen molar-refractivity contribution in [2.24, 2.45) is 5.92 Å². The van der Waals surface area contributed by atoms with Crippen molar-refractivity contribution in [3.63, 3.8) is 0 Å². The van der Waals surface area contributed by atoms with Crippen molar-refractivity contribution >= 4 is 5.95 Å². The van der Waals surface area contributed by atoms with Crippen LogP contribution < -0.4 is 5.32 Å². The molecule has 27 heavy (non-hydrogen) atoms. The molecule has 2 aliphatic heterocycles. The fourth-order valence-electron chi connectivity index (χ4n) is 4.19. The minimum absolute atomic E-state index is 0.0572. The number of rotatable bonds is 3. The number of likely N-dealkylation sites (tertiary alicyclic amines) is 1. The molecule has 9 heteroatoms.